The Morgan fingerprint density at radius 1 is 1.25 bits per heavy atom. The molecule has 0 radical (unpaired) electrons. The van der Waals surface area contributed by atoms with Gasteiger partial charge in [-0.1, -0.05) is 41.9 Å². The van der Waals surface area contributed by atoms with Gasteiger partial charge >= 0.3 is 0 Å². The molecule has 1 saturated carbocycles. The third-order valence-electron chi connectivity index (χ3n) is 3.99. The Labute approximate surface area is 132 Å². The molecule has 1 aliphatic carbocycles. The summed E-state index contributed by atoms with van der Waals surface area (Å²) in [6.45, 7) is 7.07. The maximum Gasteiger partial charge on any atom is 0.0329 e. The van der Waals surface area contributed by atoms with E-state index in [0.717, 1.165) is 16.4 Å². The van der Waals surface area contributed by atoms with Crippen LogP contribution in [0.5, 0.6) is 0 Å². The smallest absolute Gasteiger partial charge is 0.0329 e. The average molecular weight is 339 g/mol. The van der Waals surface area contributed by atoms with Crippen molar-refractivity contribution in [3.63, 3.8) is 0 Å². The van der Waals surface area contributed by atoms with E-state index in [1.165, 1.54) is 37.9 Å². The number of benzene rings is 1. The maximum absolute atomic E-state index is 3.50. The van der Waals surface area contributed by atoms with Gasteiger partial charge in [0.1, 0.15) is 0 Å². The Hall–Kier alpha value is -0.380. The normalized spacial score (nSPS) is 16.9. The molecule has 20 heavy (non-hydrogen) atoms. The lowest BCUT2D eigenvalue weighted by Gasteiger charge is -2.26. The van der Waals surface area contributed by atoms with E-state index in [2.05, 4.69) is 71.3 Å². The minimum atomic E-state index is 0.455. The summed E-state index contributed by atoms with van der Waals surface area (Å²) in [5.41, 5.74) is 1.39. The Kier molecular flexibility index (Phi) is 6.06. The minimum Gasteiger partial charge on any atom is -0.313 e. The van der Waals surface area contributed by atoms with Crippen LogP contribution in [-0.2, 0) is 0 Å². The lowest BCUT2D eigenvalue weighted by atomic mass is 10.0. The van der Waals surface area contributed by atoms with E-state index in [4.69, 9.17) is 0 Å². The molecule has 112 valence electrons. The van der Waals surface area contributed by atoms with Gasteiger partial charge in [0, 0.05) is 29.6 Å². The Morgan fingerprint density at radius 2 is 1.90 bits per heavy atom. The van der Waals surface area contributed by atoms with Gasteiger partial charge in [-0.25, -0.2) is 0 Å². The van der Waals surface area contributed by atoms with Crippen molar-refractivity contribution in [3.8, 4) is 0 Å². The fourth-order valence-electron chi connectivity index (χ4n) is 2.80. The van der Waals surface area contributed by atoms with Gasteiger partial charge in [0.2, 0.25) is 0 Å². The van der Waals surface area contributed by atoms with Gasteiger partial charge in [-0.2, -0.15) is 0 Å². The van der Waals surface area contributed by atoms with Gasteiger partial charge in [-0.3, -0.25) is 0 Å². The van der Waals surface area contributed by atoms with Crippen molar-refractivity contribution in [1.82, 2.24) is 10.2 Å². The summed E-state index contributed by atoms with van der Waals surface area (Å²) in [5, 5.41) is 3.46. The van der Waals surface area contributed by atoms with Gasteiger partial charge in [-0.05, 0) is 49.9 Å². The Morgan fingerprint density at radius 3 is 2.40 bits per heavy atom. The van der Waals surface area contributed by atoms with Crippen LogP contribution in [0.2, 0.25) is 0 Å². The van der Waals surface area contributed by atoms with Crippen LogP contribution in [-0.4, -0.2) is 31.1 Å². The number of nitrogens with zero attached hydrogens (tertiary/aromatic N) is 1. The second-order valence-corrected chi connectivity index (χ2v) is 7.22. The summed E-state index contributed by atoms with van der Waals surface area (Å²) in [6, 6.07) is 10.0. The number of nitrogens with one attached hydrogen (secondary N) is 1. The summed E-state index contributed by atoms with van der Waals surface area (Å²) in [6.07, 6.45) is 3.98. The summed E-state index contributed by atoms with van der Waals surface area (Å²) in [4.78, 5) is 2.69. The summed E-state index contributed by atoms with van der Waals surface area (Å²) < 4.78 is 1.15. The first-order chi connectivity index (χ1) is 9.60. The minimum absolute atomic E-state index is 0.455. The van der Waals surface area contributed by atoms with E-state index in [0.29, 0.717) is 6.04 Å². The molecule has 0 bridgehead atoms. The number of hydrogen-bond donors (Lipinski definition) is 1. The second kappa shape index (κ2) is 7.58. The zero-order chi connectivity index (χ0) is 14.5. The van der Waals surface area contributed by atoms with Gasteiger partial charge in [0.25, 0.3) is 0 Å². The Bertz CT molecular complexity index is 398. The molecule has 1 aromatic rings. The third-order valence-corrected chi connectivity index (χ3v) is 4.52. The van der Waals surface area contributed by atoms with E-state index in [1.807, 2.05) is 0 Å². The molecule has 0 amide bonds. The molecule has 2 nitrogen and oxygen atoms in total. The molecule has 0 aliphatic heterocycles. The molecular formula is C17H27BrN2. The molecule has 0 spiro atoms. The van der Waals surface area contributed by atoms with Crippen LogP contribution in [0.25, 0.3) is 0 Å². The quantitative estimate of drug-likeness (QED) is 0.763. The summed E-state index contributed by atoms with van der Waals surface area (Å²) >= 11 is 3.50. The third kappa shape index (κ3) is 4.87. The average Bonchev–Trinajstić information content (AvgIpc) is 3.24. The molecule has 1 aliphatic rings. The number of rotatable bonds is 8. The molecule has 1 N–H and O–H groups in total. The van der Waals surface area contributed by atoms with E-state index < -0.39 is 0 Å². The highest BCUT2D eigenvalue weighted by Crippen LogP contribution is 2.29. The largest absolute Gasteiger partial charge is 0.313 e. The van der Waals surface area contributed by atoms with Crippen molar-refractivity contribution < 1.29 is 0 Å². The highest BCUT2D eigenvalue weighted by atomic mass is 79.9. The first kappa shape index (κ1) is 16.0. The number of hydrogen-bond acceptors (Lipinski definition) is 2. The highest BCUT2D eigenvalue weighted by molar-refractivity contribution is 9.10. The lowest BCUT2D eigenvalue weighted by molar-refractivity contribution is 0.223. The van der Waals surface area contributed by atoms with Crippen LogP contribution >= 0.6 is 15.9 Å². The van der Waals surface area contributed by atoms with E-state index in [-0.39, 0.29) is 0 Å². The molecular weight excluding hydrogens is 312 g/mol. The van der Waals surface area contributed by atoms with Crippen LogP contribution in [0, 0.1) is 5.92 Å². The fraction of sp³-hybridized carbons (Fsp3) is 0.647. The molecule has 0 saturated heterocycles. The SMILES string of the molecule is CNC(CCN(CC(C)C)C1CC1)c1ccc(Br)cc1. The molecule has 1 aromatic carbocycles. The van der Waals surface area contributed by atoms with Gasteiger partial charge in [-0.15, -0.1) is 0 Å². The van der Waals surface area contributed by atoms with E-state index in [1.54, 1.807) is 0 Å². The highest BCUT2D eigenvalue weighted by Gasteiger charge is 2.29. The molecule has 0 aromatic heterocycles. The predicted molar refractivity (Wildman–Crippen MR) is 90.0 cm³/mol. The molecule has 1 unspecified atom stereocenters. The van der Waals surface area contributed by atoms with Crippen LogP contribution in [0.4, 0.5) is 0 Å². The van der Waals surface area contributed by atoms with Crippen LogP contribution in [0.15, 0.2) is 28.7 Å². The monoisotopic (exact) mass is 338 g/mol. The standard InChI is InChI=1S/C17H27BrN2/c1-13(2)12-20(16-8-9-16)11-10-17(19-3)14-4-6-15(18)7-5-14/h4-7,13,16-17,19H,8-12H2,1-3H3. The predicted octanol–water partition coefficient (Wildman–Crippen LogP) is 4.22. The van der Waals surface area contributed by atoms with Crippen molar-refractivity contribution >= 4 is 15.9 Å². The maximum atomic E-state index is 3.50. The van der Waals surface area contributed by atoms with Crippen molar-refractivity contribution in [2.75, 3.05) is 20.1 Å². The summed E-state index contributed by atoms with van der Waals surface area (Å²) in [5.74, 6) is 0.760. The number of halogens is 1. The molecule has 2 rings (SSSR count). The van der Waals surface area contributed by atoms with Crippen molar-refractivity contribution in [1.29, 1.82) is 0 Å². The van der Waals surface area contributed by atoms with Crippen molar-refractivity contribution in [3.05, 3.63) is 34.3 Å². The first-order valence-corrected chi connectivity index (χ1v) is 8.56. The molecule has 1 atom stereocenters. The first-order valence-electron chi connectivity index (χ1n) is 7.77. The van der Waals surface area contributed by atoms with Gasteiger partial charge in [0.15, 0.2) is 0 Å². The zero-order valence-electron chi connectivity index (χ0n) is 12.9. The zero-order valence-corrected chi connectivity index (χ0v) is 14.5. The fourth-order valence-corrected chi connectivity index (χ4v) is 3.06. The second-order valence-electron chi connectivity index (χ2n) is 6.30. The Balaban J connectivity index is 1.90. The van der Waals surface area contributed by atoms with Crippen LogP contribution in [0.3, 0.4) is 0 Å². The van der Waals surface area contributed by atoms with Crippen molar-refractivity contribution in [2.24, 2.45) is 5.92 Å². The van der Waals surface area contributed by atoms with Gasteiger partial charge < -0.3 is 10.2 Å². The van der Waals surface area contributed by atoms with E-state index in [9.17, 15) is 0 Å². The van der Waals surface area contributed by atoms with Gasteiger partial charge in [0.05, 0.1) is 0 Å². The topological polar surface area (TPSA) is 15.3 Å². The van der Waals surface area contributed by atoms with Crippen LogP contribution < -0.4 is 5.32 Å². The molecule has 0 heterocycles. The van der Waals surface area contributed by atoms with Crippen LogP contribution in [0.1, 0.15) is 44.7 Å². The molecule has 3 heteroatoms. The lowest BCUT2D eigenvalue weighted by Crippen LogP contribution is -2.33. The van der Waals surface area contributed by atoms with E-state index >= 15 is 0 Å². The van der Waals surface area contributed by atoms with Crippen molar-refractivity contribution in [2.45, 2.75) is 45.2 Å². The molecule has 1 fully saturated rings. The summed E-state index contributed by atoms with van der Waals surface area (Å²) in [7, 11) is 2.07.